The zero-order chi connectivity index (χ0) is 12.1. The molecule has 100 valence electrons. The first-order valence-electron chi connectivity index (χ1n) is 7.75. The van der Waals surface area contributed by atoms with Crippen LogP contribution in [0.3, 0.4) is 0 Å². The first-order chi connectivity index (χ1) is 8.28. The van der Waals surface area contributed by atoms with Crippen LogP contribution in [0.15, 0.2) is 0 Å². The van der Waals surface area contributed by atoms with Gasteiger partial charge in [-0.25, -0.2) is 0 Å². The molecule has 1 atom stereocenters. The Morgan fingerprint density at radius 1 is 1.00 bits per heavy atom. The van der Waals surface area contributed by atoms with E-state index >= 15 is 0 Å². The topological polar surface area (TPSA) is 29.3 Å². The van der Waals surface area contributed by atoms with Crippen molar-refractivity contribution in [3.63, 3.8) is 0 Å². The van der Waals surface area contributed by atoms with Crippen molar-refractivity contribution in [3.05, 3.63) is 0 Å². The number of piperidine rings is 1. The molecule has 17 heavy (non-hydrogen) atoms. The van der Waals surface area contributed by atoms with Crippen molar-refractivity contribution in [2.24, 2.45) is 5.73 Å². The molecule has 2 fully saturated rings. The van der Waals surface area contributed by atoms with E-state index in [1.165, 1.54) is 70.8 Å². The lowest BCUT2D eigenvalue weighted by Gasteiger charge is -2.50. The molecule has 0 aromatic heterocycles. The van der Waals surface area contributed by atoms with Crippen LogP contribution in [0.4, 0.5) is 0 Å². The van der Waals surface area contributed by atoms with Crippen LogP contribution in [0.5, 0.6) is 0 Å². The van der Waals surface area contributed by atoms with Crippen molar-refractivity contribution in [2.45, 2.75) is 82.7 Å². The SMILES string of the molecule is CC1CCCCN1C1(CN)CCCCCCC1. The summed E-state index contributed by atoms with van der Waals surface area (Å²) in [6, 6.07) is 0.756. The molecule has 1 heterocycles. The second kappa shape index (κ2) is 6.19. The summed E-state index contributed by atoms with van der Waals surface area (Å²) in [6.45, 7) is 4.57. The molecule has 2 rings (SSSR count). The van der Waals surface area contributed by atoms with Crippen molar-refractivity contribution in [3.8, 4) is 0 Å². The van der Waals surface area contributed by atoms with Gasteiger partial charge in [-0.3, -0.25) is 4.90 Å². The van der Waals surface area contributed by atoms with Crippen LogP contribution >= 0.6 is 0 Å². The van der Waals surface area contributed by atoms with E-state index in [0.717, 1.165) is 12.6 Å². The Kier molecular flexibility index (Phi) is 4.87. The molecule has 2 N–H and O–H groups in total. The first-order valence-corrected chi connectivity index (χ1v) is 7.75. The molecule has 1 saturated carbocycles. The second-order valence-corrected chi connectivity index (χ2v) is 6.23. The predicted molar refractivity (Wildman–Crippen MR) is 74.1 cm³/mol. The summed E-state index contributed by atoms with van der Waals surface area (Å²) in [5, 5.41) is 0. The molecule has 0 bridgehead atoms. The largest absolute Gasteiger partial charge is 0.329 e. The third kappa shape index (κ3) is 3.03. The van der Waals surface area contributed by atoms with Crippen molar-refractivity contribution < 1.29 is 0 Å². The molecule has 0 aromatic rings. The molecule has 1 aliphatic heterocycles. The number of hydrogen-bond acceptors (Lipinski definition) is 2. The smallest absolute Gasteiger partial charge is 0.0334 e. The molecule has 1 saturated heterocycles. The molecule has 0 spiro atoms. The lowest BCUT2D eigenvalue weighted by molar-refractivity contribution is 0.0111. The van der Waals surface area contributed by atoms with Gasteiger partial charge in [-0.05, 0) is 39.2 Å². The van der Waals surface area contributed by atoms with E-state index in [4.69, 9.17) is 5.73 Å². The predicted octanol–water partition coefficient (Wildman–Crippen LogP) is 3.30. The highest BCUT2D eigenvalue weighted by atomic mass is 15.2. The van der Waals surface area contributed by atoms with E-state index in [1.807, 2.05) is 0 Å². The molecule has 0 radical (unpaired) electrons. The fourth-order valence-electron chi connectivity index (χ4n) is 3.97. The van der Waals surface area contributed by atoms with E-state index in [0.29, 0.717) is 5.54 Å². The van der Waals surface area contributed by atoms with Crippen LogP contribution in [-0.2, 0) is 0 Å². The Morgan fingerprint density at radius 2 is 1.65 bits per heavy atom. The van der Waals surface area contributed by atoms with E-state index in [2.05, 4.69) is 11.8 Å². The van der Waals surface area contributed by atoms with Crippen LogP contribution < -0.4 is 5.73 Å². The molecule has 0 amide bonds. The van der Waals surface area contributed by atoms with Crippen LogP contribution in [0.2, 0.25) is 0 Å². The zero-order valence-electron chi connectivity index (χ0n) is 11.6. The van der Waals surface area contributed by atoms with Gasteiger partial charge in [0.2, 0.25) is 0 Å². The van der Waals surface area contributed by atoms with Gasteiger partial charge in [-0.2, -0.15) is 0 Å². The second-order valence-electron chi connectivity index (χ2n) is 6.23. The van der Waals surface area contributed by atoms with E-state index < -0.39 is 0 Å². The summed E-state index contributed by atoms with van der Waals surface area (Å²) in [4.78, 5) is 2.78. The Labute approximate surface area is 107 Å². The minimum atomic E-state index is 0.347. The van der Waals surface area contributed by atoms with Gasteiger partial charge in [-0.15, -0.1) is 0 Å². The standard InChI is InChI=1S/C15H30N2/c1-14-9-5-8-12-17(14)15(13-16)10-6-3-2-4-7-11-15/h14H,2-13,16H2,1H3. The Hall–Kier alpha value is -0.0800. The summed E-state index contributed by atoms with van der Waals surface area (Å²) >= 11 is 0. The highest BCUT2D eigenvalue weighted by molar-refractivity contribution is 4.96. The lowest BCUT2D eigenvalue weighted by atomic mass is 9.80. The third-order valence-corrected chi connectivity index (χ3v) is 5.08. The van der Waals surface area contributed by atoms with Crippen LogP contribution in [0.1, 0.15) is 71.1 Å². The lowest BCUT2D eigenvalue weighted by Crippen LogP contribution is -2.58. The van der Waals surface area contributed by atoms with Gasteiger partial charge in [0.05, 0.1) is 0 Å². The highest BCUT2D eigenvalue weighted by Gasteiger charge is 2.38. The van der Waals surface area contributed by atoms with Crippen LogP contribution in [0.25, 0.3) is 0 Å². The molecule has 2 nitrogen and oxygen atoms in total. The van der Waals surface area contributed by atoms with Gasteiger partial charge in [0.15, 0.2) is 0 Å². The Bertz CT molecular complexity index is 219. The Morgan fingerprint density at radius 3 is 2.24 bits per heavy atom. The van der Waals surface area contributed by atoms with Crippen molar-refractivity contribution >= 4 is 0 Å². The quantitative estimate of drug-likeness (QED) is 0.800. The maximum Gasteiger partial charge on any atom is 0.0334 e. The van der Waals surface area contributed by atoms with Gasteiger partial charge >= 0.3 is 0 Å². The summed E-state index contributed by atoms with van der Waals surface area (Å²) in [5.41, 5.74) is 6.56. The summed E-state index contributed by atoms with van der Waals surface area (Å²) < 4.78 is 0. The average molecular weight is 238 g/mol. The summed E-state index contributed by atoms with van der Waals surface area (Å²) in [6.07, 6.45) is 13.9. The average Bonchev–Trinajstić information content (AvgIpc) is 2.31. The fourth-order valence-corrected chi connectivity index (χ4v) is 3.97. The Balaban J connectivity index is 2.08. The number of hydrogen-bond donors (Lipinski definition) is 1. The van der Waals surface area contributed by atoms with Gasteiger partial charge in [0.1, 0.15) is 0 Å². The first kappa shape index (κ1) is 13.4. The number of likely N-dealkylation sites (tertiary alicyclic amines) is 1. The van der Waals surface area contributed by atoms with Crippen molar-refractivity contribution in [1.82, 2.24) is 4.90 Å². The molecule has 1 unspecified atom stereocenters. The monoisotopic (exact) mass is 238 g/mol. The molecular formula is C15H30N2. The van der Waals surface area contributed by atoms with Crippen LogP contribution in [-0.4, -0.2) is 29.6 Å². The third-order valence-electron chi connectivity index (χ3n) is 5.08. The van der Waals surface area contributed by atoms with Crippen LogP contribution in [0, 0.1) is 0 Å². The minimum Gasteiger partial charge on any atom is -0.329 e. The molecule has 1 aliphatic carbocycles. The number of nitrogens with zero attached hydrogens (tertiary/aromatic N) is 1. The van der Waals surface area contributed by atoms with E-state index in [1.54, 1.807) is 0 Å². The minimum absolute atomic E-state index is 0.347. The maximum absolute atomic E-state index is 6.21. The maximum atomic E-state index is 6.21. The fraction of sp³-hybridized carbons (Fsp3) is 1.00. The van der Waals surface area contributed by atoms with Crippen molar-refractivity contribution in [1.29, 1.82) is 0 Å². The molecule has 2 aliphatic rings. The number of nitrogens with two attached hydrogens (primary N) is 1. The van der Waals surface area contributed by atoms with Gasteiger partial charge in [-0.1, -0.05) is 38.5 Å². The highest BCUT2D eigenvalue weighted by Crippen LogP contribution is 2.35. The van der Waals surface area contributed by atoms with E-state index in [9.17, 15) is 0 Å². The normalized spacial score (nSPS) is 31.8. The summed E-state index contributed by atoms with van der Waals surface area (Å²) in [7, 11) is 0. The van der Waals surface area contributed by atoms with E-state index in [-0.39, 0.29) is 0 Å². The number of rotatable bonds is 2. The van der Waals surface area contributed by atoms with Gasteiger partial charge in [0.25, 0.3) is 0 Å². The zero-order valence-corrected chi connectivity index (χ0v) is 11.6. The molecular weight excluding hydrogens is 208 g/mol. The van der Waals surface area contributed by atoms with Crippen molar-refractivity contribution in [2.75, 3.05) is 13.1 Å². The molecule has 2 heteroatoms. The summed E-state index contributed by atoms with van der Waals surface area (Å²) in [5.74, 6) is 0. The molecule has 0 aromatic carbocycles. The van der Waals surface area contributed by atoms with Gasteiger partial charge < -0.3 is 5.73 Å². The van der Waals surface area contributed by atoms with Gasteiger partial charge in [0, 0.05) is 18.1 Å².